The molecule has 0 saturated carbocycles. The summed E-state index contributed by atoms with van der Waals surface area (Å²) in [6.45, 7) is 5.41. The zero-order chi connectivity index (χ0) is 11.4. The molecule has 0 spiro atoms. The molecule has 15 heavy (non-hydrogen) atoms. The smallest absolute Gasteiger partial charge is 0.145 e. The summed E-state index contributed by atoms with van der Waals surface area (Å²) in [5.41, 5.74) is 1.12. The zero-order valence-corrected chi connectivity index (χ0v) is 9.27. The van der Waals surface area contributed by atoms with Crippen molar-refractivity contribution >= 4 is 17.4 Å². The van der Waals surface area contributed by atoms with E-state index in [-0.39, 0.29) is 23.6 Å². The third-order valence-corrected chi connectivity index (χ3v) is 2.21. The molecule has 0 aromatic heterocycles. The van der Waals surface area contributed by atoms with Crippen molar-refractivity contribution in [3.8, 4) is 0 Å². The van der Waals surface area contributed by atoms with E-state index in [1.165, 1.54) is 6.07 Å². The molecule has 0 bridgehead atoms. The largest absolute Gasteiger partial charge is 0.299 e. The van der Waals surface area contributed by atoms with E-state index in [4.69, 9.17) is 11.6 Å². The van der Waals surface area contributed by atoms with Gasteiger partial charge in [0.1, 0.15) is 11.6 Å². The van der Waals surface area contributed by atoms with Crippen LogP contribution < -0.4 is 0 Å². The molecule has 0 amide bonds. The number of benzene rings is 1. The molecular weight excluding hydrogens is 215 g/mol. The summed E-state index contributed by atoms with van der Waals surface area (Å²) in [4.78, 5) is 11.4. The second-order valence-electron chi connectivity index (χ2n) is 3.56. The number of hydrogen-bond acceptors (Lipinski definition) is 1. The Labute approximate surface area is 93.6 Å². The Kier molecular flexibility index (Phi) is 4.04. The number of carbonyl (C=O) groups excluding carboxylic acids is 1. The lowest BCUT2D eigenvalue weighted by Crippen LogP contribution is -2.04. The highest BCUT2D eigenvalue weighted by molar-refractivity contribution is 6.30. The SMILES string of the molecule is C=C(C)CC(=O)Cc1cccc(Cl)c1F. The fraction of sp³-hybridized carbons (Fsp3) is 0.250. The minimum Gasteiger partial charge on any atom is -0.299 e. The van der Waals surface area contributed by atoms with Crippen molar-refractivity contribution in [1.29, 1.82) is 0 Å². The van der Waals surface area contributed by atoms with Crippen LogP contribution in [0.15, 0.2) is 30.4 Å². The molecule has 0 unspecified atom stereocenters. The predicted molar refractivity (Wildman–Crippen MR) is 59.6 cm³/mol. The highest BCUT2D eigenvalue weighted by atomic mass is 35.5. The molecule has 0 aliphatic carbocycles. The average molecular weight is 227 g/mol. The van der Waals surface area contributed by atoms with Crippen molar-refractivity contribution in [3.05, 3.63) is 46.8 Å². The lowest BCUT2D eigenvalue weighted by molar-refractivity contribution is -0.117. The Morgan fingerprint density at radius 1 is 1.53 bits per heavy atom. The molecule has 0 fully saturated rings. The Morgan fingerprint density at radius 2 is 2.20 bits per heavy atom. The summed E-state index contributed by atoms with van der Waals surface area (Å²) < 4.78 is 13.4. The van der Waals surface area contributed by atoms with Crippen molar-refractivity contribution in [2.45, 2.75) is 19.8 Å². The first kappa shape index (κ1) is 11.9. The van der Waals surface area contributed by atoms with Gasteiger partial charge in [-0.05, 0) is 18.6 Å². The molecule has 0 aliphatic rings. The van der Waals surface area contributed by atoms with E-state index in [0.717, 1.165) is 5.57 Å². The first-order valence-electron chi connectivity index (χ1n) is 4.59. The molecule has 1 rings (SSSR count). The van der Waals surface area contributed by atoms with Crippen LogP contribution in [-0.4, -0.2) is 5.78 Å². The molecule has 1 aromatic carbocycles. The maximum Gasteiger partial charge on any atom is 0.145 e. The first-order valence-corrected chi connectivity index (χ1v) is 4.97. The number of ketones is 1. The highest BCUT2D eigenvalue weighted by Gasteiger charge is 2.10. The molecule has 0 N–H and O–H groups in total. The third kappa shape index (κ3) is 3.48. The minimum absolute atomic E-state index is 0.0515. The lowest BCUT2D eigenvalue weighted by atomic mass is 10.0. The fourth-order valence-corrected chi connectivity index (χ4v) is 1.49. The topological polar surface area (TPSA) is 17.1 Å². The van der Waals surface area contributed by atoms with Crippen molar-refractivity contribution in [1.82, 2.24) is 0 Å². The number of halogens is 2. The first-order chi connectivity index (χ1) is 7.00. The molecule has 0 atom stereocenters. The predicted octanol–water partition coefficient (Wildman–Crippen LogP) is 3.56. The van der Waals surface area contributed by atoms with Crippen molar-refractivity contribution in [2.24, 2.45) is 0 Å². The van der Waals surface area contributed by atoms with Crippen LogP contribution in [0.5, 0.6) is 0 Å². The molecule has 0 saturated heterocycles. The molecule has 80 valence electrons. The van der Waals surface area contributed by atoms with Crippen molar-refractivity contribution < 1.29 is 9.18 Å². The van der Waals surface area contributed by atoms with E-state index in [1.807, 2.05) is 0 Å². The minimum atomic E-state index is -0.505. The second kappa shape index (κ2) is 5.08. The number of Topliss-reactive ketones (excluding diaryl/α,β-unsaturated/α-hetero) is 1. The van der Waals surface area contributed by atoms with Crippen LogP contribution in [0.4, 0.5) is 4.39 Å². The number of allylic oxidation sites excluding steroid dienone is 1. The fourth-order valence-electron chi connectivity index (χ4n) is 1.30. The standard InChI is InChI=1S/C12H12ClFO/c1-8(2)6-10(15)7-9-4-3-5-11(13)12(9)14/h3-5H,1,6-7H2,2H3. The van der Waals surface area contributed by atoms with Gasteiger partial charge in [-0.2, -0.15) is 0 Å². The van der Waals surface area contributed by atoms with Crippen LogP contribution in [0.25, 0.3) is 0 Å². The highest BCUT2D eigenvalue weighted by Crippen LogP contribution is 2.19. The van der Waals surface area contributed by atoms with Gasteiger partial charge in [-0.1, -0.05) is 35.9 Å². The Bertz CT molecular complexity index is 399. The van der Waals surface area contributed by atoms with Gasteiger partial charge >= 0.3 is 0 Å². The van der Waals surface area contributed by atoms with Crippen LogP contribution in [-0.2, 0) is 11.2 Å². The second-order valence-corrected chi connectivity index (χ2v) is 3.97. The van der Waals surface area contributed by atoms with Crippen molar-refractivity contribution in [2.75, 3.05) is 0 Å². The summed E-state index contributed by atoms with van der Waals surface area (Å²) >= 11 is 5.60. The normalized spacial score (nSPS) is 10.1. The molecule has 0 aliphatic heterocycles. The zero-order valence-electron chi connectivity index (χ0n) is 8.52. The van der Waals surface area contributed by atoms with Crippen LogP contribution >= 0.6 is 11.6 Å². The van der Waals surface area contributed by atoms with Gasteiger partial charge in [0.25, 0.3) is 0 Å². The Balaban J connectivity index is 2.77. The summed E-state index contributed by atoms with van der Waals surface area (Å²) in [6.07, 6.45) is 0.352. The van der Waals surface area contributed by atoms with Crippen LogP contribution in [0.3, 0.4) is 0 Å². The van der Waals surface area contributed by atoms with E-state index < -0.39 is 5.82 Å². The third-order valence-electron chi connectivity index (χ3n) is 1.92. The Morgan fingerprint density at radius 3 is 2.80 bits per heavy atom. The van der Waals surface area contributed by atoms with Gasteiger partial charge in [-0.25, -0.2) is 4.39 Å². The Hall–Kier alpha value is -1.15. The number of carbonyl (C=O) groups is 1. The molecule has 3 heteroatoms. The van der Waals surface area contributed by atoms with E-state index >= 15 is 0 Å². The number of hydrogen-bond donors (Lipinski definition) is 0. The van der Waals surface area contributed by atoms with Crippen LogP contribution in [0.2, 0.25) is 5.02 Å². The van der Waals surface area contributed by atoms with E-state index in [0.29, 0.717) is 5.56 Å². The average Bonchev–Trinajstić information content (AvgIpc) is 2.11. The van der Waals surface area contributed by atoms with Gasteiger partial charge in [0.15, 0.2) is 0 Å². The van der Waals surface area contributed by atoms with Gasteiger partial charge < -0.3 is 0 Å². The maximum atomic E-state index is 13.4. The van der Waals surface area contributed by atoms with Crippen molar-refractivity contribution in [3.63, 3.8) is 0 Å². The van der Waals surface area contributed by atoms with Gasteiger partial charge in [0, 0.05) is 12.8 Å². The van der Waals surface area contributed by atoms with E-state index in [2.05, 4.69) is 6.58 Å². The molecule has 1 aromatic rings. The van der Waals surface area contributed by atoms with Gasteiger partial charge in [-0.3, -0.25) is 4.79 Å². The van der Waals surface area contributed by atoms with E-state index in [1.54, 1.807) is 19.1 Å². The van der Waals surface area contributed by atoms with Gasteiger partial charge in [-0.15, -0.1) is 0 Å². The summed E-state index contributed by atoms with van der Waals surface area (Å²) in [6, 6.07) is 4.66. The molecular formula is C12H12ClFO. The molecule has 0 radical (unpaired) electrons. The molecule has 1 nitrogen and oxygen atoms in total. The monoisotopic (exact) mass is 226 g/mol. The van der Waals surface area contributed by atoms with Gasteiger partial charge in [0.2, 0.25) is 0 Å². The quantitative estimate of drug-likeness (QED) is 0.718. The lowest BCUT2D eigenvalue weighted by Gasteiger charge is -2.03. The van der Waals surface area contributed by atoms with Gasteiger partial charge in [0.05, 0.1) is 5.02 Å². The van der Waals surface area contributed by atoms with Crippen LogP contribution in [0.1, 0.15) is 18.9 Å². The maximum absolute atomic E-state index is 13.4. The number of rotatable bonds is 4. The van der Waals surface area contributed by atoms with Crippen LogP contribution in [0, 0.1) is 5.82 Å². The van der Waals surface area contributed by atoms with E-state index in [9.17, 15) is 9.18 Å². The summed E-state index contributed by atoms with van der Waals surface area (Å²) in [7, 11) is 0. The summed E-state index contributed by atoms with van der Waals surface area (Å²) in [5, 5.41) is 0.0515. The molecule has 0 heterocycles. The summed E-state index contributed by atoms with van der Waals surface area (Å²) in [5.74, 6) is -0.558.